The zero-order chi connectivity index (χ0) is 16.4. The van der Waals surface area contributed by atoms with Crippen LogP contribution in [0.25, 0.3) is 0 Å². The molecule has 6 heteroatoms. The van der Waals surface area contributed by atoms with Gasteiger partial charge in [0.05, 0.1) is 0 Å². The average molecular weight is 315 g/mol. The Bertz CT molecular complexity index is 640. The molecule has 3 rings (SSSR count). The van der Waals surface area contributed by atoms with E-state index in [0.717, 1.165) is 25.7 Å². The molecule has 1 saturated carbocycles. The number of amides is 3. The van der Waals surface area contributed by atoms with E-state index < -0.39 is 11.9 Å². The summed E-state index contributed by atoms with van der Waals surface area (Å²) in [5, 5.41) is 2.83. The van der Waals surface area contributed by atoms with Crippen LogP contribution in [0.5, 0.6) is 0 Å². The highest BCUT2D eigenvalue weighted by Gasteiger charge is 2.32. The van der Waals surface area contributed by atoms with Crippen molar-refractivity contribution < 1.29 is 14.4 Å². The maximum absolute atomic E-state index is 12.7. The highest BCUT2D eigenvalue weighted by molar-refractivity contribution is 6.00. The van der Waals surface area contributed by atoms with Crippen molar-refractivity contribution in [3.63, 3.8) is 0 Å². The third kappa shape index (κ3) is 3.52. The van der Waals surface area contributed by atoms with Crippen LogP contribution >= 0.6 is 0 Å². The summed E-state index contributed by atoms with van der Waals surface area (Å²) < 4.78 is 0. The molecule has 1 aliphatic carbocycles. The molecule has 6 nitrogen and oxygen atoms in total. The van der Waals surface area contributed by atoms with Crippen LogP contribution in [0.2, 0.25) is 0 Å². The minimum Gasteiger partial charge on any atom is -0.368 e. The zero-order valence-electron chi connectivity index (χ0n) is 13.0. The van der Waals surface area contributed by atoms with Gasteiger partial charge in [0.2, 0.25) is 11.8 Å². The molecule has 3 N–H and O–H groups in total. The third-order valence-corrected chi connectivity index (χ3v) is 4.42. The average Bonchev–Trinajstić information content (AvgIpc) is 3.39. The number of hydrogen-bond acceptors (Lipinski definition) is 3. The van der Waals surface area contributed by atoms with Crippen LogP contribution in [0.3, 0.4) is 0 Å². The van der Waals surface area contributed by atoms with Crippen molar-refractivity contribution in [2.24, 2.45) is 11.7 Å². The van der Waals surface area contributed by atoms with Crippen molar-refractivity contribution in [2.45, 2.75) is 38.1 Å². The first kappa shape index (κ1) is 15.5. The highest BCUT2D eigenvalue weighted by Crippen LogP contribution is 2.30. The number of nitrogens with one attached hydrogen (secondary N) is 1. The van der Waals surface area contributed by atoms with Crippen LogP contribution < -0.4 is 11.1 Å². The van der Waals surface area contributed by atoms with Crippen LogP contribution in [-0.4, -0.2) is 35.2 Å². The lowest BCUT2D eigenvalue weighted by Gasteiger charge is -2.33. The van der Waals surface area contributed by atoms with E-state index in [1.807, 2.05) is 0 Å². The van der Waals surface area contributed by atoms with Gasteiger partial charge in [0.25, 0.3) is 5.91 Å². The summed E-state index contributed by atoms with van der Waals surface area (Å²) in [4.78, 5) is 37.7. The molecule has 0 bridgehead atoms. The van der Waals surface area contributed by atoms with Gasteiger partial charge in [-0.3, -0.25) is 14.4 Å². The fraction of sp³-hybridized carbons (Fsp3) is 0.471. The molecule has 122 valence electrons. The molecular weight excluding hydrogens is 294 g/mol. The van der Waals surface area contributed by atoms with Crippen molar-refractivity contribution in [1.29, 1.82) is 0 Å². The summed E-state index contributed by atoms with van der Waals surface area (Å²) in [6.07, 6.45) is 4.23. The SMILES string of the molecule is NC(=O)C1CCCCN1C(=O)c1cccc(NC(=O)C2CC2)c1. The second-order valence-electron chi connectivity index (χ2n) is 6.26. The summed E-state index contributed by atoms with van der Waals surface area (Å²) in [5.41, 5.74) is 6.50. The van der Waals surface area contributed by atoms with Gasteiger partial charge in [-0.15, -0.1) is 0 Å². The van der Waals surface area contributed by atoms with E-state index in [2.05, 4.69) is 5.32 Å². The normalized spacial score (nSPS) is 20.9. The van der Waals surface area contributed by atoms with Crippen molar-refractivity contribution in [2.75, 3.05) is 11.9 Å². The van der Waals surface area contributed by atoms with Gasteiger partial charge in [-0.05, 0) is 50.3 Å². The minimum absolute atomic E-state index is 0.00239. The fourth-order valence-corrected chi connectivity index (χ4v) is 2.96. The van der Waals surface area contributed by atoms with Gasteiger partial charge in [0.1, 0.15) is 6.04 Å². The van der Waals surface area contributed by atoms with Gasteiger partial charge in [-0.2, -0.15) is 0 Å². The Balaban J connectivity index is 1.75. The maximum atomic E-state index is 12.7. The summed E-state index contributed by atoms with van der Waals surface area (Å²) in [6, 6.07) is 6.32. The number of piperidine rings is 1. The van der Waals surface area contributed by atoms with Gasteiger partial charge in [-0.1, -0.05) is 6.07 Å². The molecule has 23 heavy (non-hydrogen) atoms. The standard InChI is InChI=1S/C17H21N3O3/c18-15(21)14-6-1-2-9-20(14)17(23)12-4-3-5-13(10-12)19-16(22)11-7-8-11/h3-5,10-11,14H,1-2,6-9H2,(H2,18,21)(H,19,22). The predicted molar refractivity (Wildman–Crippen MR) is 85.7 cm³/mol. The molecule has 0 radical (unpaired) electrons. The molecule has 2 fully saturated rings. The number of nitrogens with zero attached hydrogens (tertiary/aromatic N) is 1. The predicted octanol–water partition coefficient (Wildman–Crippen LogP) is 1.52. The quantitative estimate of drug-likeness (QED) is 0.882. The van der Waals surface area contributed by atoms with Gasteiger partial charge >= 0.3 is 0 Å². The molecule has 1 atom stereocenters. The smallest absolute Gasteiger partial charge is 0.254 e. The lowest BCUT2D eigenvalue weighted by Crippen LogP contribution is -2.50. The Hall–Kier alpha value is -2.37. The largest absolute Gasteiger partial charge is 0.368 e. The molecule has 1 aromatic rings. The molecule has 1 heterocycles. The van der Waals surface area contributed by atoms with Gasteiger partial charge in [-0.25, -0.2) is 0 Å². The zero-order valence-corrected chi connectivity index (χ0v) is 13.0. The molecule has 1 aromatic carbocycles. The molecule has 1 saturated heterocycles. The number of benzene rings is 1. The van der Waals surface area contributed by atoms with Crippen LogP contribution in [-0.2, 0) is 9.59 Å². The summed E-state index contributed by atoms with van der Waals surface area (Å²) >= 11 is 0. The monoisotopic (exact) mass is 315 g/mol. The second kappa shape index (κ2) is 6.40. The van der Waals surface area contributed by atoms with Gasteiger partial charge in [0.15, 0.2) is 0 Å². The molecule has 0 spiro atoms. The summed E-state index contributed by atoms with van der Waals surface area (Å²) in [6.45, 7) is 0.533. The molecule has 1 unspecified atom stereocenters. The van der Waals surface area contributed by atoms with E-state index in [4.69, 9.17) is 5.73 Å². The first-order chi connectivity index (χ1) is 11.1. The number of carbonyl (C=O) groups is 3. The maximum Gasteiger partial charge on any atom is 0.254 e. The second-order valence-corrected chi connectivity index (χ2v) is 6.26. The minimum atomic E-state index is -0.541. The van der Waals surface area contributed by atoms with Crippen LogP contribution in [0.1, 0.15) is 42.5 Å². The van der Waals surface area contributed by atoms with E-state index in [1.165, 1.54) is 0 Å². The number of likely N-dealkylation sites (tertiary alicyclic amines) is 1. The van der Waals surface area contributed by atoms with E-state index in [-0.39, 0.29) is 17.7 Å². The molecular formula is C17H21N3O3. The number of rotatable bonds is 4. The molecule has 0 aromatic heterocycles. The van der Waals surface area contributed by atoms with Crippen LogP contribution in [0.15, 0.2) is 24.3 Å². The van der Waals surface area contributed by atoms with Crippen molar-refractivity contribution in [3.05, 3.63) is 29.8 Å². The number of carbonyl (C=O) groups excluding carboxylic acids is 3. The Morgan fingerprint density at radius 3 is 2.61 bits per heavy atom. The van der Waals surface area contributed by atoms with E-state index >= 15 is 0 Å². The lowest BCUT2D eigenvalue weighted by atomic mass is 10.00. The number of hydrogen-bond donors (Lipinski definition) is 2. The number of primary amides is 1. The van der Waals surface area contributed by atoms with Gasteiger partial charge < -0.3 is 16.0 Å². The Labute approximate surface area is 135 Å². The lowest BCUT2D eigenvalue weighted by molar-refractivity contribution is -0.123. The van der Waals surface area contributed by atoms with E-state index in [9.17, 15) is 14.4 Å². The van der Waals surface area contributed by atoms with E-state index in [0.29, 0.717) is 24.2 Å². The molecule has 2 aliphatic rings. The first-order valence-corrected chi connectivity index (χ1v) is 8.07. The summed E-state index contributed by atoms with van der Waals surface area (Å²) in [7, 11) is 0. The van der Waals surface area contributed by atoms with E-state index in [1.54, 1.807) is 29.2 Å². The Kier molecular flexibility index (Phi) is 4.32. The van der Waals surface area contributed by atoms with Crippen LogP contribution in [0.4, 0.5) is 5.69 Å². The Morgan fingerprint density at radius 2 is 1.91 bits per heavy atom. The fourth-order valence-electron chi connectivity index (χ4n) is 2.96. The number of nitrogens with two attached hydrogens (primary N) is 1. The first-order valence-electron chi connectivity index (χ1n) is 8.07. The highest BCUT2D eigenvalue weighted by atomic mass is 16.2. The summed E-state index contributed by atoms with van der Waals surface area (Å²) in [5.74, 6) is -0.564. The van der Waals surface area contributed by atoms with Crippen LogP contribution in [0, 0.1) is 5.92 Å². The van der Waals surface area contributed by atoms with Crippen molar-refractivity contribution in [3.8, 4) is 0 Å². The molecule has 1 aliphatic heterocycles. The third-order valence-electron chi connectivity index (χ3n) is 4.42. The molecule has 3 amide bonds. The topological polar surface area (TPSA) is 92.5 Å². The van der Waals surface area contributed by atoms with Gasteiger partial charge in [0, 0.05) is 23.7 Å². The number of anilines is 1. The van der Waals surface area contributed by atoms with Crippen molar-refractivity contribution in [1.82, 2.24) is 4.90 Å². The Morgan fingerprint density at radius 1 is 1.13 bits per heavy atom. The van der Waals surface area contributed by atoms with Crippen molar-refractivity contribution >= 4 is 23.4 Å².